The molecule has 2 N–H and O–H groups in total. The summed E-state index contributed by atoms with van der Waals surface area (Å²) in [6, 6.07) is 11.4. The van der Waals surface area contributed by atoms with E-state index in [0.29, 0.717) is 42.5 Å². The van der Waals surface area contributed by atoms with Crippen LogP contribution in [0.25, 0.3) is 0 Å². The number of aryl methyl sites for hydroxylation is 1. The van der Waals surface area contributed by atoms with Crippen LogP contribution in [0.15, 0.2) is 36.4 Å². The first-order valence-electron chi connectivity index (χ1n) is 7.57. The zero-order valence-corrected chi connectivity index (χ0v) is 13.9. The van der Waals surface area contributed by atoms with E-state index in [4.69, 9.17) is 26.9 Å². The van der Waals surface area contributed by atoms with Gasteiger partial charge in [0.25, 0.3) is 0 Å². The minimum atomic E-state index is 0.137. The number of halogens is 1. The van der Waals surface area contributed by atoms with Crippen LogP contribution in [0, 0.1) is 5.41 Å². The summed E-state index contributed by atoms with van der Waals surface area (Å²) in [5.74, 6) is 0. The summed E-state index contributed by atoms with van der Waals surface area (Å²) in [7, 11) is 0. The second-order valence-electron chi connectivity index (χ2n) is 5.42. The molecule has 5 heteroatoms. The molecule has 2 aromatic rings. The van der Waals surface area contributed by atoms with Gasteiger partial charge in [-0.3, -0.25) is 4.98 Å². The van der Waals surface area contributed by atoms with E-state index in [1.165, 1.54) is 0 Å². The summed E-state index contributed by atoms with van der Waals surface area (Å²) in [5, 5.41) is 17.4. The fourth-order valence-corrected chi connectivity index (χ4v) is 2.31. The number of hydrogen-bond donors (Lipinski definition) is 2. The van der Waals surface area contributed by atoms with E-state index in [2.05, 4.69) is 4.98 Å². The molecule has 0 aliphatic heterocycles. The van der Waals surface area contributed by atoms with Crippen LogP contribution in [0.2, 0.25) is 5.02 Å². The fraction of sp³-hybridized carbons (Fsp3) is 0.333. The lowest BCUT2D eigenvalue weighted by Gasteiger charge is -2.09. The number of nitrogens with zero attached hydrogens (tertiary/aromatic N) is 1. The first-order valence-corrected chi connectivity index (χ1v) is 7.94. The largest absolute Gasteiger partial charge is 0.396 e. The van der Waals surface area contributed by atoms with Crippen molar-refractivity contribution in [2.75, 3.05) is 6.61 Å². The Balaban J connectivity index is 2.01. The lowest BCUT2D eigenvalue weighted by atomic mass is 10.1. The summed E-state index contributed by atoms with van der Waals surface area (Å²) >= 11 is 5.86. The standard InChI is InChI=1S/C18H21ClN2O2/c1-13(20)18-10-15(9-17(21-18)3-2-8-22)12-23-11-14-4-6-16(19)7-5-14/h4-7,9-10,20,22H,2-3,8,11-12H2,1H3. The maximum atomic E-state index is 8.96. The van der Waals surface area contributed by atoms with Gasteiger partial charge in [0, 0.05) is 17.3 Å². The van der Waals surface area contributed by atoms with Crippen molar-refractivity contribution >= 4 is 17.3 Å². The summed E-state index contributed by atoms with van der Waals surface area (Å²) in [5.41, 5.74) is 4.02. The Labute approximate surface area is 141 Å². The van der Waals surface area contributed by atoms with E-state index in [9.17, 15) is 0 Å². The van der Waals surface area contributed by atoms with Crippen molar-refractivity contribution in [3.63, 3.8) is 0 Å². The van der Waals surface area contributed by atoms with E-state index in [0.717, 1.165) is 16.8 Å². The molecule has 1 aromatic heterocycles. The van der Waals surface area contributed by atoms with Gasteiger partial charge in [0.2, 0.25) is 0 Å². The second-order valence-corrected chi connectivity index (χ2v) is 5.86. The molecule has 4 nitrogen and oxygen atoms in total. The molecule has 0 saturated carbocycles. The molecule has 23 heavy (non-hydrogen) atoms. The van der Waals surface area contributed by atoms with Gasteiger partial charge in [0.05, 0.1) is 24.6 Å². The Morgan fingerprint density at radius 3 is 2.52 bits per heavy atom. The highest BCUT2D eigenvalue weighted by Crippen LogP contribution is 2.13. The predicted molar refractivity (Wildman–Crippen MR) is 92.1 cm³/mol. The molecule has 0 saturated heterocycles. The third-order valence-electron chi connectivity index (χ3n) is 3.36. The van der Waals surface area contributed by atoms with E-state index < -0.39 is 0 Å². The molecule has 1 heterocycles. The molecule has 0 radical (unpaired) electrons. The van der Waals surface area contributed by atoms with E-state index in [1.54, 1.807) is 6.92 Å². The molecule has 0 spiro atoms. The van der Waals surface area contributed by atoms with Crippen LogP contribution < -0.4 is 0 Å². The van der Waals surface area contributed by atoms with Crippen LogP contribution in [0.5, 0.6) is 0 Å². The summed E-state index contributed by atoms with van der Waals surface area (Å²) in [6.07, 6.45) is 1.36. The number of rotatable bonds is 8. The number of aliphatic hydroxyl groups excluding tert-OH is 1. The molecular weight excluding hydrogens is 312 g/mol. The van der Waals surface area contributed by atoms with Gasteiger partial charge in [-0.05, 0) is 55.2 Å². The highest BCUT2D eigenvalue weighted by atomic mass is 35.5. The number of aliphatic hydroxyl groups is 1. The van der Waals surface area contributed by atoms with Crippen molar-refractivity contribution in [2.24, 2.45) is 0 Å². The van der Waals surface area contributed by atoms with E-state index in [-0.39, 0.29) is 6.61 Å². The molecule has 0 bridgehead atoms. The van der Waals surface area contributed by atoms with E-state index >= 15 is 0 Å². The van der Waals surface area contributed by atoms with Crippen molar-refractivity contribution in [1.82, 2.24) is 4.98 Å². The van der Waals surface area contributed by atoms with Crippen molar-refractivity contribution in [2.45, 2.75) is 33.0 Å². The molecule has 0 unspecified atom stereocenters. The van der Waals surface area contributed by atoms with Gasteiger partial charge < -0.3 is 15.3 Å². The molecule has 0 fully saturated rings. The molecule has 0 atom stereocenters. The molecule has 2 rings (SSSR count). The van der Waals surface area contributed by atoms with Crippen molar-refractivity contribution in [1.29, 1.82) is 5.41 Å². The summed E-state index contributed by atoms with van der Waals surface area (Å²) in [4.78, 5) is 4.44. The maximum Gasteiger partial charge on any atom is 0.0841 e. The van der Waals surface area contributed by atoms with Gasteiger partial charge in [-0.1, -0.05) is 23.7 Å². The van der Waals surface area contributed by atoms with E-state index in [1.807, 2.05) is 36.4 Å². The molecule has 0 aliphatic carbocycles. The van der Waals surface area contributed by atoms with Crippen molar-refractivity contribution in [3.8, 4) is 0 Å². The zero-order valence-electron chi connectivity index (χ0n) is 13.2. The third kappa shape index (κ3) is 5.75. The maximum absolute atomic E-state index is 8.96. The van der Waals surface area contributed by atoms with Gasteiger partial charge >= 0.3 is 0 Å². The van der Waals surface area contributed by atoms with Crippen molar-refractivity contribution in [3.05, 3.63) is 63.9 Å². The number of nitrogens with one attached hydrogen (secondary N) is 1. The van der Waals surface area contributed by atoms with Gasteiger partial charge in [-0.15, -0.1) is 0 Å². The van der Waals surface area contributed by atoms with Crippen LogP contribution in [-0.4, -0.2) is 22.4 Å². The second kappa shape index (κ2) is 8.77. The average Bonchev–Trinajstić information content (AvgIpc) is 2.54. The Bertz CT molecular complexity index is 657. The normalized spacial score (nSPS) is 10.7. The highest BCUT2D eigenvalue weighted by Gasteiger charge is 2.05. The molecule has 1 aromatic carbocycles. The van der Waals surface area contributed by atoms with Crippen LogP contribution >= 0.6 is 11.6 Å². The predicted octanol–water partition coefficient (Wildman–Crippen LogP) is 3.76. The number of hydrogen-bond acceptors (Lipinski definition) is 4. The average molecular weight is 333 g/mol. The third-order valence-corrected chi connectivity index (χ3v) is 3.62. The Morgan fingerprint density at radius 1 is 1.17 bits per heavy atom. The topological polar surface area (TPSA) is 66.2 Å². The van der Waals surface area contributed by atoms with Gasteiger partial charge in [-0.2, -0.15) is 0 Å². The Kier molecular flexibility index (Phi) is 6.71. The molecular formula is C18H21ClN2O2. The molecule has 0 aliphatic rings. The minimum absolute atomic E-state index is 0.137. The number of aromatic nitrogens is 1. The van der Waals surface area contributed by atoms with Crippen molar-refractivity contribution < 1.29 is 9.84 Å². The van der Waals surface area contributed by atoms with Gasteiger partial charge in [0.15, 0.2) is 0 Å². The SMILES string of the molecule is CC(=N)c1cc(COCc2ccc(Cl)cc2)cc(CCCO)n1. The molecule has 122 valence electrons. The number of ether oxygens (including phenoxy) is 1. The number of benzene rings is 1. The first kappa shape index (κ1) is 17.6. The number of pyridine rings is 1. The zero-order chi connectivity index (χ0) is 16.7. The van der Waals surface area contributed by atoms with Gasteiger partial charge in [0.1, 0.15) is 0 Å². The lowest BCUT2D eigenvalue weighted by Crippen LogP contribution is -2.05. The van der Waals surface area contributed by atoms with Crippen LogP contribution in [-0.2, 0) is 24.4 Å². The summed E-state index contributed by atoms with van der Waals surface area (Å²) < 4.78 is 5.75. The van der Waals surface area contributed by atoms with Crippen LogP contribution in [0.3, 0.4) is 0 Å². The lowest BCUT2D eigenvalue weighted by molar-refractivity contribution is 0.107. The minimum Gasteiger partial charge on any atom is -0.396 e. The first-order chi connectivity index (χ1) is 11.1. The quantitative estimate of drug-likeness (QED) is 0.723. The smallest absolute Gasteiger partial charge is 0.0841 e. The Morgan fingerprint density at radius 2 is 1.87 bits per heavy atom. The van der Waals surface area contributed by atoms with Crippen LogP contribution in [0.1, 0.15) is 35.9 Å². The monoisotopic (exact) mass is 332 g/mol. The summed E-state index contributed by atoms with van der Waals surface area (Å²) in [6.45, 7) is 2.82. The fourth-order valence-electron chi connectivity index (χ4n) is 2.18. The Hall–Kier alpha value is -1.75. The van der Waals surface area contributed by atoms with Gasteiger partial charge in [-0.25, -0.2) is 0 Å². The highest BCUT2D eigenvalue weighted by molar-refractivity contribution is 6.30. The molecule has 0 amide bonds. The van der Waals surface area contributed by atoms with Crippen LogP contribution in [0.4, 0.5) is 0 Å².